The SMILES string of the molecule is CCCN(CCC)S(=O)(=O)c1cc(Cl)c(Br)c(N)c1F. The normalized spacial score (nSPS) is 12.1. The molecule has 4 nitrogen and oxygen atoms in total. The molecule has 0 spiro atoms. The van der Waals surface area contributed by atoms with Crippen LogP contribution in [0, 0.1) is 5.82 Å². The van der Waals surface area contributed by atoms with Crippen molar-refractivity contribution < 1.29 is 12.8 Å². The van der Waals surface area contributed by atoms with Crippen molar-refractivity contribution in [1.82, 2.24) is 4.31 Å². The van der Waals surface area contributed by atoms with E-state index in [0.717, 1.165) is 6.07 Å². The van der Waals surface area contributed by atoms with Crippen LogP contribution in [0.5, 0.6) is 0 Å². The van der Waals surface area contributed by atoms with Gasteiger partial charge in [0.2, 0.25) is 10.0 Å². The lowest BCUT2D eigenvalue weighted by atomic mass is 10.3. The molecule has 0 heterocycles. The topological polar surface area (TPSA) is 63.4 Å². The van der Waals surface area contributed by atoms with Crippen LogP contribution in [-0.2, 0) is 10.0 Å². The van der Waals surface area contributed by atoms with Crippen LogP contribution in [0.15, 0.2) is 15.4 Å². The van der Waals surface area contributed by atoms with Gasteiger partial charge in [0.15, 0.2) is 5.82 Å². The summed E-state index contributed by atoms with van der Waals surface area (Å²) >= 11 is 8.90. The largest absolute Gasteiger partial charge is 0.395 e. The van der Waals surface area contributed by atoms with E-state index in [1.807, 2.05) is 13.8 Å². The number of nitrogens with two attached hydrogens (primary N) is 1. The maximum absolute atomic E-state index is 14.2. The first kappa shape index (κ1) is 17.7. The Balaban J connectivity index is 3.41. The van der Waals surface area contributed by atoms with Gasteiger partial charge in [-0.2, -0.15) is 4.31 Å². The van der Waals surface area contributed by atoms with Crippen molar-refractivity contribution in [2.75, 3.05) is 18.8 Å². The van der Waals surface area contributed by atoms with Gasteiger partial charge < -0.3 is 5.73 Å². The third-order valence-corrected chi connectivity index (χ3v) is 6.00. The Morgan fingerprint density at radius 3 is 2.30 bits per heavy atom. The van der Waals surface area contributed by atoms with Gasteiger partial charge in [0.25, 0.3) is 0 Å². The molecule has 0 saturated heterocycles. The smallest absolute Gasteiger partial charge is 0.246 e. The first-order chi connectivity index (χ1) is 9.27. The molecule has 0 bridgehead atoms. The van der Waals surface area contributed by atoms with Gasteiger partial charge in [-0.15, -0.1) is 0 Å². The van der Waals surface area contributed by atoms with Gasteiger partial charge in [0.05, 0.1) is 15.2 Å². The van der Waals surface area contributed by atoms with Crippen LogP contribution < -0.4 is 5.73 Å². The average molecular weight is 388 g/mol. The molecule has 0 aliphatic rings. The number of benzene rings is 1. The molecule has 0 saturated carbocycles. The molecule has 0 radical (unpaired) electrons. The molecule has 1 aromatic carbocycles. The Bertz CT molecular complexity index is 590. The summed E-state index contributed by atoms with van der Waals surface area (Å²) in [5, 5.41) is 0.0652. The number of sulfonamides is 1. The van der Waals surface area contributed by atoms with Gasteiger partial charge in [0, 0.05) is 13.1 Å². The lowest BCUT2D eigenvalue weighted by molar-refractivity contribution is 0.406. The Labute approximate surface area is 132 Å². The molecule has 0 amide bonds. The highest BCUT2D eigenvalue weighted by molar-refractivity contribution is 9.10. The molecule has 8 heteroatoms. The second-order valence-corrected chi connectivity index (χ2v) is 7.41. The summed E-state index contributed by atoms with van der Waals surface area (Å²) in [6, 6.07) is 1.09. The number of hydrogen-bond acceptors (Lipinski definition) is 3. The second kappa shape index (κ2) is 7.06. The highest BCUT2D eigenvalue weighted by atomic mass is 79.9. The van der Waals surface area contributed by atoms with Gasteiger partial charge in [-0.05, 0) is 34.8 Å². The summed E-state index contributed by atoms with van der Waals surface area (Å²) in [5.41, 5.74) is 5.24. The van der Waals surface area contributed by atoms with Crippen LogP contribution >= 0.6 is 27.5 Å². The Morgan fingerprint density at radius 1 is 1.35 bits per heavy atom. The van der Waals surface area contributed by atoms with E-state index in [4.69, 9.17) is 17.3 Å². The molecule has 1 aromatic rings. The van der Waals surface area contributed by atoms with Crippen molar-refractivity contribution in [1.29, 1.82) is 0 Å². The van der Waals surface area contributed by atoms with E-state index in [0.29, 0.717) is 25.9 Å². The predicted molar refractivity (Wildman–Crippen MR) is 82.9 cm³/mol. The van der Waals surface area contributed by atoms with E-state index < -0.39 is 20.7 Å². The fraction of sp³-hybridized carbons (Fsp3) is 0.500. The molecule has 0 atom stereocenters. The van der Waals surface area contributed by atoms with Crippen LogP contribution in [0.4, 0.5) is 10.1 Å². The van der Waals surface area contributed by atoms with E-state index in [1.165, 1.54) is 4.31 Å². The van der Waals surface area contributed by atoms with Crippen molar-refractivity contribution in [2.45, 2.75) is 31.6 Å². The van der Waals surface area contributed by atoms with Crippen molar-refractivity contribution in [3.05, 3.63) is 21.4 Å². The van der Waals surface area contributed by atoms with Gasteiger partial charge in [-0.25, -0.2) is 12.8 Å². The van der Waals surface area contributed by atoms with Crippen molar-refractivity contribution in [2.24, 2.45) is 0 Å². The number of hydrogen-bond donors (Lipinski definition) is 1. The monoisotopic (exact) mass is 386 g/mol. The number of nitrogens with zero attached hydrogens (tertiary/aromatic N) is 1. The Hall–Kier alpha value is -0.370. The van der Waals surface area contributed by atoms with Crippen molar-refractivity contribution in [3.8, 4) is 0 Å². The first-order valence-corrected chi connectivity index (χ1v) is 8.81. The molecular weight excluding hydrogens is 371 g/mol. The quantitative estimate of drug-likeness (QED) is 0.599. The third-order valence-electron chi connectivity index (χ3n) is 2.72. The van der Waals surface area contributed by atoms with E-state index in [9.17, 15) is 12.8 Å². The van der Waals surface area contributed by atoms with Crippen LogP contribution in [0.25, 0.3) is 0 Å². The highest BCUT2D eigenvalue weighted by Crippen LogP contribution is 2.35. The minimum atomic E-state index is -3.94. The summed E-state index contributed by atoms with van der Waals surface area (Å²) in [5.74, 6) is -0.974. The summed E-state index contributed by atoms with van der Waals surface area (Å²) < 4.78 is 40.6. The minimum absolute atomic E-state index is 0.0652. The van der Waals surface area contributed by atoms with Crippen molar-refractivity contribution >= 4 is 43.2 Å². The molecule has 0 aliphatic carbocycles. The van der Waals surface area contributed by atoms with Crippen molar-refractivity contribution in [3.63, 3.8) is 0 Å². The zero-order valence-corrected chi connectivity index (χ0v) is 14.4. The number of anilines is 1. The van der Waals surface area contributed by atoms with Crippen LogP contribution in [0.1, 0.15) is 26.7 Å². The number of halogens is 3. The standard InChI is InChI=1S/C12H17BrClFN2O2S/c1-3-5-17(6-4-2)20(18,19)9-7-8(14)10(13)12(16)11(9)15/h7H,3-6,16H2,1-2H3. The fourth-order valence-corrected chi connectivity index (χ4v) is 4.07. The zero-order chi connectivity index (χ0) is 15.5. The van der Waals surface area contributed by atoms with Gasteiger partial charge >= 0.3 is 0 Å². The van der Waals surface area contributed by atoms with Crippen LogP contribution in [0.2, 0.25) is 5.02 Å². The maximum Gasteiger partial charge on any atom is 0.246 e. The Kier molecular flexibility index (Phi) is 6.25. The second-order valence-electron chi connectivity index (χ2n) is 4.30. The molecule has 20 heavy (non-hydrogen) atoms. The molecule has 0 aromatic heterocycles. The van der Waals surface area contributed by atoms with E-state index in [1.54, 1.807) is 0 Å². The predicted octanol–water partition coefficient (Wildman–Crippen LogP) is 3.63. The summed E-state index contributed by atoms with van der Waals surface area (Å²) in [6.07, 6.45) is 1.28. The Morgan fingerprint density at radius 2 is 1.85 bits per heavy atom. The van der Waals surface area contributed by atoms with E-state index >= 15 is 0 Å². The highest BCUT2D eigenvalue weighted by Gasteiger charge is 2.29. The van der Waals surface area contributed by atoms with Crippen LogP contribution in [-0.4, -0.2) is 25.8 Å². The summed E-state index contributed by atoms with van der Waals surface area (Å²) in [7, 11) is -3.94. The molecule has 2 N–H and O–H groups in total. The minimum Gasteiger partial charge on any atom is -0.395 e. The first-order valence-electron chi connectivity index (χ1n) is 6.20. The molecule has 0 unspecified atom stereocenters. The number of nitrogen functional groups attached to an aromatic ring is 1. The lowest BCUT2D eigenvalue weighted by Gasteiger charge is -2.22. The van der Waals surface area contributed by atoms with Gasteiger partial charge in [-0.1, -0.05) is 25.4 Å². The summed E-state index contributed by atoms with van der Waals surface area (Å²) in [6.45, 7) is 4.36. The van der Waals surface area contributed by atoms with Crippen LogP contribution in [0.3, 0.4) is 0 Å². The summed E-state index contributed by atoms with van der Waals surface area (Å²) in [4.78, 5) is -0.481. The average Bonchev–Trinajstić information content (AvgIpc) is 2.40. The third kappa shape index (κ3) is 3.44. The number of rotatable bonds is 6. The van der Waals surface area contributed by atoms with E-state index in [-0.39, 0.29) is 15.2 Å². The molecular formula is C12H17BrClFN2O2S. The molecule has 0 fully saturated rings. The lowest BCUT2D eigenvalue weighted by Crippen LogP contribution is -2.33. The van der Waals surface area contributed by atoms with Gasteiger partial charge in [-0.3, -0.25) is 0 Å². The molecule has 0 aliphatic heterocycles. The molecule has 114 valence electrons. The van der Waals surface area contributed by atoms with Gasteiger partial charge in [0.1, 0.15) is 4.90 Å². The fourth-order valence-electron chi connectivity index (χ4n) is 1.78. The van der Waals surface area contributed by atoms with E-state index in [2.05, 4.69) is 15.9 Å². The maximum atomic E-state index is 14.2. The molecule has 1 rings (SSSR count). The zero-order valence-electron chi connectivity index (χ0n) is 11.3.